The molecule has 12 heavy (non-hydrogen) atoms. The first kappa shape index (κ1) is 8.92. The quantitative estimate of drug-likeness (QED) is 0.444. The average molecular weight is 175 g/mol. The van der Waals surface area contributed by atoms with Gasteiger partial charge in [0.05, 0.1) is 5.92 Å². The maximum Gasteiger partial charge on any atom is 0.307 e. The summed E-state index contributed by atoms with van der Waals surface area (Å²) in [6.45, 7) is -0.580. The third kappa shape index (κ3) is 1.14. The lowest BCUT2D eigenvalue weighted by Gasteiger charge is -2.36. The van der Waals surface area contributed by atoms with Gasteiger partial charge in [0.15, 0.2) is 0 Å². The molecular formula is C6H9NO5. The minimum Gasteiger partial charge on any atom is -0.481 e. The van der Waals surface area contributed by atoms with E-state index in [4.69, 9.17) is 10.2 Å². The van der Waals surface area contributed by atoms with Gasteiger partial charge in [0.1, 0.15) is 6.61 Å². The lowest BCUT2D eigenvalue weighted by molar-refractivity contribution is -0.593. The minimum atomic E-state index is -1.39. The van der Waals surface area contributed by atoms with Crippen molar-refractivity contribution in [2.75, 3.05) is 6.61 Å². The number of carboxylic acid groups (broad SMARTS) is 1. The van der Waals surface area contributed by atoms with Crippen molar-refractivity contribution in [2.24, 2.45) is 5.92 Å². The van der Waals surface area contributed by atoms with Crippen LogP contribution < -0.4 is 0 Å². The van der Waals surface area contributed by atoms with Crippen molar-refractivity contribution in [3.63, 3.8) is 0 Å². The summed E-state index contributed by atoms with van der Waals surface area (Å²) >= 11 is 0. The number of hydrogen-bond donors (Lipinski definition) is 2. The Hall–Kier alpha value is -1.17. The Balaban J connectivity index is 2.58. The van der Waals surface area contributed by atoms with Crippen molar-refractivity contribution in [2.45, 2.75) is 18.4 Å². The van der Waals surface area contributed by atoms with E-state index in [0.29, 0.717) is 0 Å². The van der Waals surface area contributed by atoms with E-state index in [1.807, 2.05) is 0 Å². The predicted molar refractivity (Wildman–Crippen MR) is 37.2 cm³/mol. The van der Waals surface area contributed by atoms with Crippen molar-refractivity contribution in [1.82, 2.24) is 0 Å². The summed E-state index contributed by atoms with van der Waals surface area (Å²) in [7, 11) is 0. The van der Waals surface area contributed by atoms with Gasteiger partial charge in [-0.1, -0.05) is 0 Å². The molecule has 6 nitrogen and oxygen atoms in total. The van der Waals surface area contributed by atoms with Crippen LogP contribution in [0.25, 0.3) is 0 Å². The molecule has 6 heteroatoms. The second-order valence-electron chi connectivity index (χ2n) is 3.08. The minimum absolute atomic E-state index is 0.0637. The molecule has 0 aromatic rings. The van der Waals surface area contributed by atoms with E-state index in [9.17, 15) is 14.9 Å². The summed E-state index contributed by atoms with van der Waals surface area (Å²) in [4.78, 5) is 20.1. The van der Waals surface area contributed by atoms with Crippen molar-refractivity contribution in [3.8, 4) is 0 Å². The van der Waals surface area contributed by atoms with E-state index in [0.717, 1.165) is 0 Å². The molecule has 0 heterocycles. The largest absolute Gasteiger partial charge is 0.481 e. The maximum atomic E-state index is 10.4. The zero-order valence-corrected chi connectivity index (χ0v) is 6.27. The number of carbonyl (C=O) groups is 1. The van der Waals surface area contributed by atoms with Crippen LogP contribution in [0.3, 0.4) is 0 Å². The van der Waals surface area contributed by atoms with Crippen molar-refractivity contribution in [1.29, 1.82) is 0 Å². The van der Waals surface area contributed by atoms with Gasteiger partial charge in [-0.25, -0.2) is 0 Å². The predicted octanol–water partition coefficient (Wildman–Crippen LogP) is -0.511. The highest BCUT2D eigenvalue weighted by molar-refractivity contribution is 5.71. The summed E-state index contributed by atoms with van der Waals surface area (Å²) < 4.78 is 0. The summed E-state index contributed by atoms with van der Waals surface area (Å²) in [6.07, 6.45) is -0.127. The molecule has 0 spiro atoms. The second kappa shape index (κ2) is 2.71. The van der Waals surface area contributed by atoms with Crippen molar-refractivity contribution < 1.29 is 19.9 Å². The van der Waals surface area contributed by atoms with Crippen molar-refractivity contribution in [3.05, 3.63) is 10.1 Å². The molecule has 1 rings (SSSR count). The van der Waals surface area contributed by atoms with Crippen LogP contribution in [-0.4, -0.2) is 33.3 Å². The summed E-state index contributed by atoms with van der Waals surface area (Å²) in [5, 5.41) is 27.5. The fourth-order valence-electron chi connectivity index (χ4n) is 1.37. The van der Waals surface area contributed by atoms with Crippen LogP contribution in [0.4, 0.5) is 0 Å². The molecule has 1 aliphatic rings. The molecule has 0 aromatic carbocycles. The molecule has 0 aromatic heterocycles. The highest BCUT2D eigenvalue weighted by Crippen LogP contribution is 2.39. The summed E-state index contributed by atoms with van der Waals surface area (Å²) in [5.41, 5.74) is -1.39. The molecule has 1 fully saturated rings. The van der Waals surface area contributed by atoms with Crippen LogP contribution in [0.1, 0.15) is 12.8 Å². The van der Waals surface area contributed by atoms with Gasteiger partial charge in [0.25, 0.3) is 0 Å². The average Bonchev–Trinajstić information content (AvgIpc) is 1.84. The van der Waals surface area contributed by atoms with E-state index in [-0.39, 0.29) is 12.8 Å². The molecule has 0 atom stereocenters. The Kier molecular flexibility index (Phi) is 2.01. The molecule has 0 saturated heterocycles. The first-order valence-corrected chi connectivity index (χ1v) is 3.50. The number of hydrogen-bond acceptors (Lipinski definition) is 4. The smallest absolute Gasteiger partial charge is 0.307 e. The fraction of sp³-hybridized carbons (Fsp3) is 0.833. The van der Waals surface area contributed by atoms with Gasteiger partial charge in [0, 0.05) is 17.8 Å². The SMILES string of the molecule is O=C(O)C1CC(CO)([N+](=O)[O-])C1. The van der Waals surface area contributed by atoms with Crippen LogP contribution in [-0.2, 0) is 4.79 Å². The fourth-order valence-corrected chi connectivity index (χ4v) is 1.37. The molecule has 0 aliphatic heterocycles. The number of rotatable bonds is 3. The van der Waals surface area contributed by atoms with Gasteiger partial charge in [-0.15, -0.1) is 0 Å². The van der Waals surface area contributed by atoms with E-state index >= 15 is 0 Å². The van der Waals surface area contributed by atoms with Gasteiger partial charge in [-0.05, 0) is 0 Å². The van der Waals surface area contributed by atoms with Gasteiger partial charge in [-0.2, -0.15) is 0 Å². The number of aliphatic hydroxyl groups excluding tert-OH is 1. The third-order valence-corrected chi connectivity index (χ3v) is 2.28. The normalized spacial score (nSPS) is 33.9. The molecule has 68 valence electrons. The zero-order chi connectivity index (χ0) is 9.35. The second-order valence-corrected chi connectivity index (χ2v) is 3.08. The van der Waals surface area contributed by atoms with Gasteiger partial charge in [0.2, 0.25) is 5.54 Å². The maximum absolute atomic E-state index is 10.4. The number of nitrogens with zero attached hydrogens (tertiary/aromatic N) is 1. The Labute approximate surface area is 68.0 Å². The molecule has 0 radical (unpaired) electrons. The molecule has 0 bridgehead atoms. The van der Waals surface area contributed by atoms with Crippen LogP contribution in [0, 0.1) is 16.0 Å². The van der Waals surface area contributed by atoms with Crippen LogP contribution >= 0.6 is 0 Å². The molecular weight excluding hydrogens is 166 g/mol. The Bertz CT molecular complexity index is 220. The van der Waals surface area contributed by atoms with E-state index in [1.54, 1.807) is 0 Å². The number of carboxylic acids is 1. The van der Waals surface area contributed by atoms with Crippen LogP contribution in [0.2, 0.25) is 0 Å². The number of aliphatic carboxylic acids is 1. The number of nitro groups is 1. The van der Waals surface area contributed by atoms with E-state index in [1.165, 1.54) is 0 Å². The highest BCUT2D eigenvalue weighted by Gasteiger charge is 2.57. The zero-order valence-electron chi connectivity index (χ0n) is 6.27. The first-order valence-electron chi connectivity index (χ1n) is 3.50. The third-order valence-electron chi connectivity index (χ3n) is 2.28. The summed E-state index contributed by atoms with van der Waals surface area (Å²) in [5.74, 6) is -1.69. The highest BCUT2D eigenvalue weighted by atomic mass is 16.6. The van der Waals surface area contributed by atoms with Crippen molar-refractivity contribution >= 4 is 5.97 Å². The first-order chi connectivity index (χ1) is 5.52. The van der Waals surface area contributed by atoms with Crippen LogP contribution in [0.15, 0.2) is 0 Å². The van der Waals surface area contributed by atoms with Crippen LogP contribution in [0.5, 0.6) is 0 Å². The van der Waals surface area contributed by atoms with Gasteiger partial charge >= 0.3 is 5.97 Å². The Morgan fingerprint density at radius 2 is 2.17 bits per heavy atom. The topological polar surface area (TPSA) is 101 Å². The van der Waals surface area contributed by atoms with E-state index in [2.05, 4.69) is 0 Å². The standard InChI is InChI=1S/C6H9NO5/c8-3-6(7(11)12)1-4(2-6)5(9)10/h4,8H,1-3H2,(H,9,10). The molecule has 1 aliphatic carbocycles. The lowest BCUT2D eigenvalue weighted by Crippen LogP contribution is -2.55. The monoisotopic (exact) mass is 175 g/mol. The molecule has 0 unspecified atom stereocenters. The number of aliphatic hydroxyl groups is 1. The lowest BCUT2D eigenvalue weighted by atomic mass is 9.69. The van der Waals surface area contributed by atoms with Gasteiger partial charge in [-0.3, -0.25) is 14.9 Å². The van der Waals surface area contributed by atoms with Gasteiger partial charge < -0.3 is 10.2 Å². The summed E-state index contributed by atoms with van der Waals surface area (Å²) in [6, 6.07) is 0. The molecule has 0 amide bonds. The van der Waals surface area contributed by atoms with E-state index < -0.39 is 29.0 Å². The Morgan fingerprint density at radius 1 is 1.67 bits per heavy atom. The molecule has 1 saturated carbocycles. The molecule has 2 N–H and O–H groups in total. The Morgan fingerprint density at radius 3 is 2.42 bits per heavy atom.